The molecule has 0 fully saturated rings. The topological polar surface area (TPSA) is 102 Å². The van der Waals surface area contributed by atoms with Gasteiger partial charge in [-0.25, -0.2) is 0 Å². The first-order chi connectivity index (χ1) is 9.41. The third-order valence-electron chi connectivity index (χ3n) is 3.00. The van der Waals surface area contributed by atoms with E-state index in [4.69, 9.17) is 27.3 Å². The molecule has 0 spiro atoms. The minimum Gasteiger partial charge on any atom is -0.487 e. The summed E-state index contributed by atoms with van der Waals surface area (Å²) < 4.78 is 5.37. The summed E-state index contributed by atoms with van der Waals surface area (Å²) in [6.45, 7) is 2.08. The van der Waals surface area contributed by atoms with E-state index in [9.17, 15) is 10.1 Å². The van der Waals surface area contributed by atoms with E-state index in [2.05, 4.69) is 6.07 Å². The highest BCUT2D eigenvalue weighted by atomic mass is 35.5. The summed E-state index contributed by atoms with van der Waals surface area (Å²) in [5.74, 6) is 0.124. The predicted molar refractivity (Wildman–Crippen MR) is 75.7 cm³/mol. The maximum Gasteiger partial charge on any atom is 0.311 e. The Morgan fingerprint density at radius 2 is 2.30 bits per heavy atom. The summed E-state index contributed by atoms with van der Waals surface area (Å²) in [7, 11) is 0. The minimum absolute atomic E-state index is 0.124. The Kier molecular flexibility index (Phi) is 5.74. The first-order valence-electron chi connectivity index (χ1n) is 6.19. The molecule has 108 valence electrons. The second-order valence-corrected chi connectivity index (χ2v) is 4.88. The number of nitrogens with two attached hydrogens (primary N) is 1. The van der Waals surface area contributed by atoms with Crippen molar-refractivity contribution in [2.24, 2.45) is 5.73 Å². The molecule has 7 heteroatoms. The fourth-order valence-electron chi connectivity index (χ4n) is 1.64. The van der Waals surface area contributed by atoms with Gasteiger partial charge in [-0.3, -0.25) is 10.1 Å². The average Bonchev–Trinajstić information content (AvgIpc) is 2.43. The zero-order valence-corrected chi connectivity index (χ0v) is 11.9. The summed E-state index contributed by atoms with van der Waals surface area (Å²) in [5.41, 5.74) is 4.83. The normalized spacial score (nSPS) is 13.3. The molecule has 0 heterocycles. The lowest BCUT2D eigenvalue weighted by atomic mass is 9.94. The highest BCUT2D eigenvalue weighted by Crippen LogP contribution is 2.30. The van der Waals surface area contributed by atoms with Gasteiger partial charge in [-0.2, -0.15) is 5.26 Å². The van der Waals surface area contributed by atoms with Crippen LogP contribution in [0.1, 0.15) is 26.2 Å². The molecule has 2 N–H and O–H groups in total. The van der Waals surface area contributed by atoms with Gasteiger partial charge in [-0.15, -0.1) is 0 Å². The van der Waals surface area contributed by atoms with Crippen LogP contribution in [0.3, 0.4) is 0 Å². The number of nitrogens with zero attached hydrogens (tertiary/aromatic N) is 2. The number of hydrogen-bond acceptors (Lipinski definition) is 5. The lowest BCUT2D eigenvalue weighted by molar-refractivity contribution is -0.385. The van der Waals surface area contributed by atoms with Crippen molar-refractivity contribution in [3.05, 3.63) is 33.3 Å². The lowest BCUT2D eigenvalue weighted by Gasteiger charge is -2.18. The molecule has 0 radical (unpaired) electrons. The van der Waals surface area contributed by atoms with Crippen molar-refractivity contribution in [3.8, 4) is 11.8 Å². The molecule has 0 aromatic heterocycles. The molecule has 1 atom stereocenters. The third-order valence-corrected chi connectivity index (χ3v) is 3.23. The highest BCUT2D eigenvalue weighted by molar-refractivity contribution is 6.30. The van der Waals surface area contributed by atoms with Crippen molar-refractivity contribution in [3.63, 3.8) is 0 Å². The number of nitro groups is 1. The van der Waals surface area contributed by atoms with Gasteiger partial charge in [-0.1, -0.05) is 18.5 Å². The van der Waals surface area contributed by atoms with Crippen LogP contribution in [0.25, 0.3) is 0 Å². The second-order valence-electron chi connectivity index (χ2n) is 4.44. The Morgan fingerprint density at radius 3 is 2.85 bits per heavy atom. The number of benzene rings is 1. The SMILES string of the molecule is CCC(N)(C#N)CCCOc1cc(Cl)ccc1[N+](=O)[O-]. The highest BCUT2D eigenvalue weighted by Gasteiger charge is 2.21. The molecule has 20 heavy (non-hydrogen) atoms. The van der Waals surface area contributed by atoms with Gasteiger partial charge in [0.15, 0.2) is 5.75 Å². The third kappa shape index (κ3) is 4.37. The molecule has 0 bridgehead atoms. The fraction of sp³-hybridized carbons (Fsp3) is 0.462. The van der Waals surface area contributed by atoms with Gasteiger partial charge in [0.05, 0.1) is 17.6 Å². The Bertz CT molecular complexity index is 530. The molecule has 0 aliphatic carbocycles. The van der Waals surface area contributed by atoms with Crippen LogP contribution in [0.4, 0.5) is 5.69 Å². The average molecular weight is 298 g/mol. The van der Waals surface area contributed by atoms with Gasteiger partial charge in [0.1, 0.15) is 5.54 Å². The molecule has 1 aromatic rings. The number of ether oxygens (including phenoxy) is 1. The van der Waals surface area contributed by atoms with Crippen LogP contribution in [0.2, 0.25) is 5.02 Å². The predicted octanol–water partition coefficient (Wildman–Crippen LogP) is 3.04. The van der Waals surface area contributed by atoms with Crippen molar-refractivity contribution < 1.29 is 9.66 Å². The Morgan fingerprint density at radius 1 is 1.60 bits per heavy atom. The molecule has 1 aromatic carbocycles. The monoisotopic (exact) mass is 297 g/mol. The number of nitriles is 1. The zero-order valence-electron chi connectivity index (χ0n) is 11.1. The maximum atomic E-state index is 10.8. The van der Waals surface area contributed by atoms with Gasteiger partial charge in [-0.05, 0) is 25.3 Å². The minimum atomic E-state index is -0.871. The number of nitro benzene ring substituents is 1. The van der Waals surface area contributed by atoms with Gasteiger partial charge in [0.2, 0.25) is 0 Å². The van der Waals surface area contributed by atoms with Crippen molar-refractivity contribution >= 4 is 17.3 Å². The smallest absolute Gasteiger partial charge is 0.311 e. The Labute approximate surface area is 122 Å². The number of hydrogen-bond donors (Lipinski definition) is 1. The van der Waals surface area contributed by atoms with E-state index in [-0.39, 0.29) is 18.0 Å². The summed E-state index contributed by atoms with van der Waals surface area (Å²) in [4.78, 5) is 10.3. The van der Waals surface area contributed by atoms with Gasteiger partial charge < -0.3 is 10.5 Å². The van der Waals surface area contributed by atoms with Crippen molar-refractivity contribution in [2.45, 2.75) is 31.7 Å². The lowest BCUT2D eigenvalue weighted by Crippen LogP contribution is -2.37. The van der Waals surface area contributed by atoms with Gasteiger partial charge in [0, 0.05) is 17.2 Å². The zero-order chi connectivity index (χ0) is 15.2. The molecular weight excluding hydrogens is 282 g/mol. The van der Waals surface area contributed by atoms with Gasteiger partial charge in [0.25, 0.3) is 0 Å². The summed E-state index contributed by atoms with van der Waals surface area (Å²) in [6, 6.07) is 6.19. The largest absolute Gasteiger partial charge is 0.487 e. The van der Waals surface area contributed by atoms with E-state index in [0.717, 1.165) is 0 Å². The van der Waals surface area contributed by atoms with E-state index in [1.807, 2.05) is 6.92 Å². The molecule has 0 saturated carbocycles. The standard InChI is InChI=1S/C13H16ClN3O3/c1-2-13(16,9-15)6-3-7-20-12-8-10(14)4-5-11(12)17(18)19/h4-5,8H,2-3,6-7,16H2,1H3. The summed E-state index contributed by atoms with van der Waals surface area (Å²) >= 11 is 5.79. The van der Waals surface area contributed by atoms with E-state index in [1.165, 1.54) is 18.2 Å². The molecule has 0 aliphatic heterocycles. The Balaban J connectivity index is 2.61. The molecule has 6 nitrogen and oxygen atoms in total. The van der Waals surface area contributed by atoms with E-state index < -0.39 is 10.5 Å². The Hall–Kier alpha value is -1.84. The van der Waals surface area contributed by atoms with Crippen LogP contribution in [-0.2, 0) is 0 Å². The van der Waals surface area contributed by atoms with Gasteiger partial charge >= 0.3 is 5.69 Å². The molecule has 1 unspecified atom stereocenters. The molecule has 1 rings (SSSR count). The first-order valence-corrected chi connectivity index (χ1v) is 6.56. The van der Waals surface area contributed by atoms with E-state index in [0.29, 0.717) is 24.3 Å². The molecule has 0 amide bonds. The van der Waals surface area contributed by atoms with E-state index in [1.54, 1.807) is 0 Å². The van der Waals surface area contributed by atoms with Crippen LogP contribution in [0.5, 0.6) is 5.75 Å². The van der Waals surface area contributed by atoms with E-state index >= 15 is 0 Å². The molecule has 0 aliphatic rings. The van der Waals surface area contributed by atoms with Crippen molar-refractivity contribution in [1.29, 1.82) is 5.26 Å². The summed E-state index contributed by atoms with van der Waals surface area (Å²) in [6.07, 6.45) is 1.54. The van der Waals surface area contributed by atoms with Crippen LogP contribution in [-0.4, -0.2) is 17.1 Å². The van der Waals surface area contributed by atoms with Crippen LogP contribution in [0.15, 0.2) is 18.2 Å². The van der Waals surface area contributed by atoms with Crippen LogP contribution >= 0.6 is 11.6 Å². The number of rotatable bonds is 7. The summed E-state index contributed by atoms with van der Waals surface area (Å²) in [5, 5.41) is 20.1. The quantitative estimate of drug-likeness (QED) is 0.473. The van der Waals surface area contributed by atoms with Crippen LogP contribution < -0.4 is 10.5 Å². The molecule has 0 saturated heterocycles. The first kappa shape index (κ1) is 16.2. The maximum absolute atomic E-state index is 10.8. The van der Waals surface area contributed by atoms with Crippen LogP contribution in [0, 0.1) is 21.4 Å². The second kappa shape index (κ2) is 7.08. The number of halogens is 1. The fourth-order valence-corrected chi connectivity index (χ4v) is 1.80. The molecular formula is C13H16ClN3O3. The van der Waals surface area contributed by atoms with Crippen molar-refractivity contribution in [2.75, 3.05) is 6.61 Å². The van der Waals surface area contributed by atoms with Crippen molar-refractivity contribution in [1.82, 2.24) is 0 Å².